The maximum Gasteiger partial charge on any atom is 0.183 e. The number of anilines is 1. The van der Waals surface area contributed by atoms with Gasteiger partial charge in [0.25, 0.3) is 0 Å². The quantitative estimate of drug-likeness (QED) is 0.877. The van der Waals surface area contributed by atoms with Crippen LogP contribution in [0.25, 0.3) is 11.3 Å². The van der Waals surface area contributed by atoms with Gasteiger partial charge in [0.15, 0.2) is 5.13 Å². The van der Waals surface area contributed by atoms with Gasteiger partial charge in [-0.25, -0.2) is 4.98 Å². The summed E-state index contributed by atoms with van der Waals surface area (Å²) < 4.78 is 0. The lowest BCUT2D eigenvalue weighted by atomic mass is 10.2. The minimum Gasteiger partial charge on any atom is -0.361 e. The molecule has 0 aromatic carbocycles. The minimum absolute atomic E-state index is 0.646. The second-order valence-electron chi connectivity index (χ2n) is 4.64. The molecule has 0 unspecified atom stereocenters. The van der Waals surface area contributed by atoms with E-state index in [0.717, 1.165) is 17.4 Å². The number of rotatable bonds is 4. The van der Waals surface area contributed by atoms with Crippen LogP contribution >= 0.6 is 22.7 Å². The number of nitrogens with one attached hydrogen (secondary N) is 1. The number of aryl methyl sites for hydroxylation is 2. The third-order valence-corrected chi connectivity index (χ3v) is 4.25. The predicted octanol–water partition coefficient (Wildman–Crippen LogP) is 4.56. The van der Waals surface area contributed by atoms with Crippen LogP contribution in [0.4, 0.5) is 5.13 Å². The fraction of sp³-hybridized carbons (Fsp3) is 0.462. The molecule has 2 heterocycles. The summed E-state index contributed by atoms with van der Waals surface area (Å²) in [4.78, 5) is 7.34. The van der Waals surface area contributed by atoms with Crippen LogP contribution in [0.1, 0.15) is 23.6 Å². The van der Waals surface area contributed by atoms with Crippen molar-refractivity contribution in [2.75, 3.05) is 11.9 Å². The first-order valence-corrected chi connectivity index (χ1v) is 7.52. The second kappa shape index (κ2) is 5.19. The van der Waals surface area contributed by atoms with E-state index in [4.69, 9.17) is 0 Å². The second-order valence-corrected chi connectivity index (χ2v) is 6.96. The molecule has 4 heteroatoms. The standard InChI is InChI=1S/C13H18N2S2/c1-8(2)6-14-13-15-12(7-16-13)11-5-9(3)17-10(11)4/h5,7-8H,6H2,1-4H3,(H,14,15). The van der Waals surface area contributed by atoms with Gasteiger partial charge in [0.1, 0.15) is 0 Å². The molecule has 92 valence electrons. The van der Waals surface area contributed by atoms with Crippen molar-refractivity contribution >= 4 is 27.8 Å². The summed E-state index contributed by atoms with van der Waals surface area (Å²) in [5, 5.41) is 6.53. The fourth-order valence-electron chi connectivity index (χ4n) is 1.66. The molecule has 0 saturated carbocycles. The highest BCUT2D eigenvalue weighted by Crippen LogP contribution is 2.32. The third kappa shape index (κ3) is 3.07. The summed E-state index contributed by atoms with van der Waals surface area (Å²) >= 11 is 3.52. The topological polar surface area (TPSA) is 24.9 Å². The molecule has 0 aliphatic carbocycles. The first kappa shape index (κ1) is 12.6. The molecule has 0 aliphatic rings. The highest BCUT2D eigenvalue weighted by Gasteiger charge is 2.09. The van der Waals surface area contributed by atoms with Crippen molar-refractivity contribution < 1.29 is 0 Å². The Kier molecular flexibility index (Phi) is 3.84. The molecule has 0 amide bonds. The lowest BCUT2D eigenvalue weighted by Gasteiger charge is -2.04. The highest BCUT2D eigenvalue weighted by atomic mass is 32.1. The lowest BCUT2D eigenvalue weighted by Crippen LogP contribution is -2.07. The predicted molar refractivity (Wildman–Crippen MR) is 78.2 cm³/mol. The first-order chi connectivity index (χ1) is 8.06. The van der Waals surface area contributed by atoms with Gasteiger partial charge in [0.05, 0.1) is 5.69 Å². The Morgan fingerprint density at radius 3 is 2.71 bits per heavy atom. The fourth-order valence-corrected chi connectivity index (χ4v) is 3.31. The van der Waals surface area contributed by atoms with Gasteiger partial charge >= 0.3 is 0 Å². The van der Waals surface area contributed by atoms with Crippen LogP contribution < -0.4 is 5.32 Å². The van der Waals surface area contributed by atoms with Crippen molar-refractivity contribution in [1.82, 2.24) is 4.98 Å². The molecule has 0 radical (unpaired) electrons. The Morgan fingerprint density at radius 1 is 1.35 bits per heavy atom. The number of nitrogens with zero attached hydrogens (tertiary/aromatic N) is 1. The lowest BCUT2D eigenvalue weighted by molar-refractivity contribution is 0.688. The smallest absolute Gasteiger partial charge is 0.183 e. The van der Waals surface area contributed by atoms with Crippen LogP contribution in [0.2, 0.25) is 0 Å². The van der Waals surface area contributed by atoms with Gasteiger partial charge in [-0.15, -0.1) is 22.7 Å². The Hall–Kier alpha value is -0.870. The van der Waals surface area contributed by atoms with Crippen LogP contribution in [-0.2, 0) is 0 Å². The summed E-state index contributed by atoms with van der Waals surface area (Å²) in [5.74, 6) is 0.646. The molecule has 2 nitrogen and oxygen atoms in total. The first-order valence-electron chi connectivity index (χ1n) is 5.83. The largest absolute Gasteiger partial charge is 0.361 e. The molecule has 0 saturated heterocycles. The molecule has 0 fully saturated rings. The summed E-state index contributed by atoms with van der Waals surface area (Å²) in [7, 11) is 0. The van der Waals surface area contributed by atoms with Crippen LogP contribution in [0.15, 0.2) is 11.4 Å². The average Bonchev–Trinajstić information content (AvgIpc) is 2.82. The zero-order valence-electron chi connectivity index (χ0n) is 10.7. The van der Waals surface area contributed by atoms with Crippen molar-refractivity contribution in [3.05, 3.63) is 21.2 Å². The van der Waals surface area contributed by atoms with Crippen molar-refractivity contribution in [2.24, 2.45) is 5.92 Å². The summed E-state index contributed by atoms with van der Waals surface area (Å²) in [6, 6.07) is 2.22. The SMILES string of the molecule is Cc1cc(-c2csc(NCC(C)C)n2)c(C)s1. The number of thiophene rings is 1. The Morgan fingerprint density at radius 2 is 2.12 bits per heavy atom. The van der Waals surface area contributed by atoms with Gasteiger partial charge in [-0.1, -0.05) is 13.8 Å². The van der Waals surface area contributed by atoms with Gasteiger partial charge in [0, 0.05) is 27.2 Å². The van der Waals surface area contributed by atoms with Crippen LogP contribution in [0.3, 0.4) is 0 Å². The summed E-state index contributed by atoms with van der Waals surface area (Å²) in [6.45, 7) is 9.69. The molecule has 0 atom stereocenters. The van der Waals surface area contributed by atoms with Crippen molar-refractivity contribution in [2.45, 2.75) is 27.7 Å². The molecule has 1 N–H and O–H groups in total. The monoisotopic (exact) mass is 266 g/mol. The van der Waals surface area contributed by atoms with Crippen LogP contribution in [0.5, 0.6) is 0 Å². The average molecular weight is 266 g/mol. The Balaban J connectivity index is 2.15. The number of thiazole rings is 1. The van der Waals surface area contributed by atoms with Gasteiger partial charge in [0.2, 0.25) is 0 Å². The Bertz CT molecular complexity index is 497. The van der Waals surface area contributed by atoms with E-state index in [1.807, 2.05) is 11.3 Å². The van der Waals surface area contributed by atoms with E-state index in [9.17, 15) is 0 Å². The molecule has 2 rings (SSSR count). The summed E-state index contributed by atoms with van der Waals surface area (Å²) in [6.07, 6.45) is 0. The molecular weight excluding hydrogens is 248 g/mol. The molecule has 2 aromatic rings. The Labute approximate surface area is 111 Å². The molecule has 2 aromatic heterocycles. The van der Waals surface area contributed by atoms with Crippen molar-refractivity contribution in [3.63, 3.8) is 0 Å². The van der Waals surface area contributed by atoms with E-state index >= 15 is 0 Å². The van der Waals surface area contributed by atoms with Crippen molar-refractivity contribution in [1.29, 1.82) is 0 Å². The number of hydrogen-bond donors (Lipinski definition) is 1. The maximum absolute atomic E-state index is 4.64. The van der Waals surface area contributed by atoms with Crippen molar-refractivity contribution in [3.8, 4) is 11.3 Å². The zero-order chi connectivity index (χ0) is 12.4. The van der Waals surface area contributed by atoms with Gasteiger partial charge < -0.3 is 5.32 Å². The normalized spacial score (nSPS) is 11.1. The molecular formula is C13H18N2S2. The van der Waals surface area contributed by atoms with E-state index in [0.29, 0.717) is 5.92 Å². The van der Waals surface area contributed by atoms with Gasteiger partial charge in [-0.3, -0.25) is 0 Å². The van der Waals surface area contributed by atoms with E-state index < -0.39 is 0 Å². The summed E-state index contributed by atoms with van der Waals surface area (Å²) in [5.41, 5.74) is 2.38. The van der Waals surface area contributed by atoms with E-state index in [2.05, 4.69) is 49.4 Å². The third-order valence-electron chi connectivity index (χ3n) is 2.48. The number of hydrogen-bond acceptors (Lipinski definition) is 4. The number of aromatic nitrogens is 1. The molecule has 0 bridgehead atoms. The maximum atomic E-state index is 4.64. The van der Waals surface area contributed by atoms with E-state index in [1.165, 1.54) is 15.3 Å². The molecule has 0 aliphatic heterocycles. The highest BCUT2D eigenvalue weighted by molar-refractivity contribution is 7.14. The molecule has 17 heavy (non-hydrogen) atoms. The van der Waals surface area contributed by atoms with Crippen LogP contribution in [0, 0.1) is 19.8 Å². The van der Waals surface area contributed by atoms with Gasteiger partial charge in [-0.05, 0) is 25.8 Å². The zero-order valence-corrected chi connectivity index (χ0v) is 12.3. The molecule has 0 spiro atoms. The van der Waals surface area contributed by atoms with E-state index in [1.54, 1.807) is 11.3 Å². The van der Waals surface area contributed by atoms with Gasteiger partial charge in [-0.2, -0.15) is 0 Å². The van der Waals surface area contributed by atoms with E-state index in [-0.39, 0.29) is 0 Å². The van der Waals surface area contributed by atoms with Crippen LogP contribution in [-0.4, -0.2) is 11.5 Å². The minimum atomic E-state index is 0.646.